The van der Waals surface area contributed by atoms with Crippen molar-refractivity contribution in [2.24, 2.45) is 5.41 Å². The predicted octanol–water partition coefficient (Wildman–Crippen LogP) is 3.20. The van der Waals surface area contributed by atoms with Gasteiger partial charge in [-0.25, -0.2) is 0 Å². The number of hydrogen-bond acceptors (Lipinski definition) is 6. The molecule has 1 atom stereocenters. The summed E-state index contributed by atoms with van der Waals surface area (Å²) in [5, 5.41) is 22.4. The van der Waals surface area contributed by atoms with Gasteiger partial charge in [0.15, 0.2) is 4.34 Å². The third-order valence-electron chi connectivity index (χ3n) is 3.72. The number of hydrogen-bond donors (Lipinski definition) is 2. The van der Waals surface area contributed by atoms with E-state index in [2.05, 4.69) is 15.5 Å². The molecule has 0 aliphatic carbocycles. The van der Waals surface area contributed by atoms with Crippen molar-refractivity contribution in [3.8, 4) is 0 Å². The molecule has 2 aromatic rings. The van der Waals surface area contributed by atoms with E-state index in [1.165, 1.54) is 0 Å². The van der Waals surface area contributed by atoms with E-state index in [4.69, 9.17) is 0 Å². The van der Waals surface area contributed by atoms with E-state index in [0.717, 1.165) is 27.1 Å². The first kappa shape index (κ1) is 18.9. The highest BCUT2D eigenvalue weighted by atomic mass is 32.2. The van der Waals surface area contributed by atoms with Crippen LogP contribution in [-0.2, 0) is 4.79 Å². The van der Waals surface area contributed by atoms with Crippen LogP contribution in [0.15, 0.2) is 34.7 Å². The van der Waals surface area contributed by atoms with E-state index in [9.17, 15) is 9.90 Å². The molecule has 2 rings (SSSR count). The van der Waals surface area contributed by atoms with Gasteiger partial charge in [0, 0.05) is 12.3 Å². The second-order valence-corrected chi connectivity index (χ2v) is 8.60. The molecular formula is C17H23N3O2S2. The summed E-state index contributed by atoms with van der Waals surface area (Å²) in [5.74, 6) is 0.729. The Kier molecular flexibility index (Phi) is 6.77. The number of amides is 1. The fourth-order valence-corrected chi connectivity index (χ4v) is 4.00. The van der Waals surface area contributed by atoms with Crippen molar-refractivity contribution < 1.29 is 9.90 Å². The summed E-state index contributed by atoms with van der Waals surface area (Å²) in [5.41, 5.74) is -0.134. The van der Waals surface area contributed by atoms with Gasteiger partial charge in [0.25, 0.3) is 0 Å². The number of carbonyl (C=O) groups excluding carboxylic acids is 1. The summed E-state index contributed by atoms with van der Waals surface area (Å²) in [4.78, 5) is 12.4. The third kappa shape index (κ3) is 5.03. The normalized spacial score (nSPS) is 12.8. The van der Waals surface area contributed by atoms with E-state index < -0.39 is 11.5 Å². The lowest BCUT2D eigenvalue weighted by molar-refractivity contribution is -0.135. The molecule has 1 aromatic carbocycles. The minimum Gasteiger partial charge on any atom is -0.387 e. The van der Waals surface area contributed by atoms with E-state index in [1.807, 2.05) is 37.3 Å². The first-order valence-corrected chi connectivity index (χ1v) is 9.65. The van der Waals surface area contributed by atoms with E-state index in [1.54, 1.807) is 36.9 Å². The van der Waals surface area contributed by atoms with Crippen molar-refractivity contribution in [2.75, 3.05) is 12.3 Å². The average molecular weight is 366 g/mol. The number of rotatable bonds is 8. The number of aryl methyl sites for hydroxylation is 1. The first-order valence-electron chi connectivity index (χ1n) is 7.85. The van der Waals surface area contributed by atoms with Crippen LogP contribution >= 0.6 is 23.1 Å². The molecule has 1 amide bonds. The zero-order chi connectivity index (χ0) is 17.6. The van der Waals surface area contributed by atoms with Gasteiger partial charge in [-0.2, -0.15) is 0 Å². The molecule has 0 aliphatic heterocycles. The fourth-order valence-electron chi connectivity index (χ4n) is 2.17. The van der Waals surface area contributed by atoms with Gasteiger partial charge in [0.2, 0.25) is 5.91 Å². The first-order chi connectivity index (χ1) is 11.4. The molecule has 1 heterocycles. The van der Waals surface area contributed by atoms with Gasteiger partial charge in [-0.1, -0.05) is 53.4 Å². The minimum atomic E-state index is -0.884. The van der Waals surface area contributed by atoms with Crippen LogP contribution in [0.3, 0.4) is 0 Å². The van der Waals surface area contributed by atoms with Crippen LogP contribution in [0.25, 0.3) is 0 Å². The highest BCUT2D eigenvalue weighted by Gasteiger charge is 2.36. The maximum atomic E-state index is 12.4. The van der Waals surface area contributed by atoms with Gasteiger partial charge < -0.3 is 10.4 Å². The SMILES string of the molecule is Cc1nnc(SCCCNC(=O)C(C)(C)[C@@H](O)c2ccccc2)s1. The quantitative estimate of drug-likeness (QED) is 0.555. The second-order valence-electron chi connectivity index (χ2n) is 6.08. The third-order valence-corrected chi connectivity index (χ3v) is 5.78. The number of aromatic nitrogens is 2. The smallest absolute Gasteiger partial charge is 0.228 e. The lowest BCUT2D eigenvalue weighted by Gasteiger charge is -2.29. The maximum absolute atomic E-state index is 12.4. The molecule has 130 valence electrons. The Bertz CT molecular complexity index is 659. The Morgan fingerprint density at radius 3 is 2.67 bits per heavy atom. The topological polar surface area (TPSA) is 75.1 Å². The van der Waals surface area contributed by atoms with Crippen molar-refractivity contribution in [3.05, 3.63) is 40.9 Å². The fraction of sp³-hybridized carbons (Fsp3) is 0.471. The summed E-state index contributed by atoms with van der Waals surface area (Å²) in [6, 6.07) is 9.28. The minimum absolute atomic E-state index is 0.143. The van der Waals surface area contributed by atoms with E-state index in [0.29, 0.717) is 6.54 Å². The van der Waals surface area contributed by atoms with Crippen LogP contribution < -0.4 is 5.32 Å². The molecule has 7 heteroatoms. The van der Waals surface area contributed by atoms with Crippen molar-refractivity contribution in [3.63, 3.8) is 0 Å². The molecular weight excluding hydrogens is 342 g/mol. The van der Waals surface area contributed by atoms with Crippen LogP contribution in [0.4, 0.5) is 0 Å². The largest absolute Gasteiger partial charge is 0.387 e. The second kappa shape index (κ2) is 8.60. The Morgan fingerprint density at radius 2 is 2.04 bits per heavy atom. The zero-order valence-electron chi connectivity index (χ0n) is 14.2. The number of aliphatic hydroxyl groups excluding tert-OH is 1. The highest BCUT2D eigenvalue weighted by molar-refractivity contribution is 8.01. The van der Waals surface area contributed by atoms with Crippen molar-refractivity contribution in [2.45, 2.75) is 37.6 Å². The number of benzene rings is 1. The molecule has 5 nitrogen and oxygen atoms in total. The van der Waals surface area contributed by atoms with Gasteiger partial charge in [-0.05, 0) is 32.8 Å². The van der Waals surface area contributed by atoms with Crippen molar-refractivity contribution in [1.82, 2.24) is 15.5 Å². The van der Waals surface area contributed by atoms with E-state index in [-0.39, 0.29) is 5.91 Å². The molecule has 1 aromatic heterocycles. The highest BCUT2D eigenvalue weighted by Crippen LogP contribution is 2.33. The Balaban J connectivity index is 1.76. The molecule has 0 aliphatic rings. The molecule has 0 bridgehead atoms. The van der Waals surface area contributed by atoms with Crippen LogP contribution in [0.5, 0.6) is 0 Å². The molecule has 0 unspecified atom stereocenters. The number of nitrogens with zero attached hydrogens (tertiary/aromatic N) is 2. The molecule has 2 N–H and O–H groups in total. The van der Waals surface area contributed by atoms with Crippen molar-refractivity contribution >= 4 is 29.0 Å². The van der Waals surface area contributed by atoms with Gasteiger partial charge in [-0.15, -0.1) is 10.2 Å². The van der Waals surface area contributed by atoms with Crippen molar-refractivity contribution in [1.29, 1.82) is 0 Å². The Labute approximate surface area is 150 Å². The Morgan fingerprint density at radius 1 is 1.33 bits per heavy atom. The standard InChI is InChI=1S/C17H23N3O2S2/c1-12-19-20-16(24-12)23-11-7-10-18-15(22)17(2,3)14(21)13-8-5-4-6-9-13/h4-6,8-9,14,21H,7,10-11H2,1-3H3,(H,18,22)/t14-/m0/s1. The molecule has 0 spiro atoms. The van der Waals surface area contributed by atoms with Gasteiger partial charge in [-0.3, -0.25) is 4.79 Å². The van der Waals surface area contributed by atoms with Gasteiger partial charge >= 0.3 is 0 Å². The average Bonchev–Trinajstić information content (AvgIpc) is 2.99. The molecule has 0 saturated heterocycles. The number of thioether (sulfide) groups is 1. The van der Waals surface area contributed by atoms with Gasteiger partial charge in [0.05, 0.1) is 11.5 Å². The molecule has 24 heavy (non-hydrogen) atoms. The summed E-state index contributed by atoms with van der Waals surface area (Å²) < 4.78 is 0.957. The predicted molar refractivity (Wildman–Crippen MR) is 98.2 cm³/mol. The number of aliphatic hydroxyl groups is 1. The Hall–Kier alpha value is -1.44. The lowest BCUT2D eigenvalue weighted by atomic mass is 9.81. The van der Waals surface area contributed by atoms with Crippen LogP contribution in [0.1, 0.15) is 36.9 Å². The van der Waals surface area contributed by atoms with Gasteiger partial charge in [0.1, 0.15) is 5.01 Å². The van der Waals surface area contributed by atoms with E-state index >= 15 is 0 Å². The summed E-state index contributed by atoms with van der Waals surface area (Å²) in [6.07, 6.45) is 0.00413. The molecule has 0 radical (unpaired) electrons. The summed E-state index contributed by atoms with van der Waals surface area (Å²) in [7, 11) is 0. The zero-order valence-corrected chi connectivity index (χ0v) is 15.8. The molecule has 0 fully saturated rings. The molecule has 0 saturated carbocycles. The number of carbonyl (C=O) groups is 1. The summed E-state index contributed by atoms with van der Waals surface area (Å²) >= 11 is 3.23. The monoisotopic (exact) mass is 365 g/mol. The van der Waals surface area contributed by atoms with Crippen LogP contribution in [0.2, 0.25) is 0 Å². The van der Waals surface area contributed by atoms with Crippen LogP contribution in [0, 0.1) is 12.3 Å². The maximum Gasteiger partial charge on any atom is 0.228 e. The number of nitrogens with one attached hydrogen (secondary N) is 1. The summed E-state index contributed by atoms with van der Waals surface area (Å²) in [6.45, 7) is 6.04. The van der Waals surface area contributed by atoms with Crippen LogP contribution in [-0.4, -0.2) is 33.5 Å². The lowest BCUT2D eigenvalue weighted by Crippen LogP contribution is -2.41.